The fraction of sp³-hybridized carbons (Fsp3) is 0.300. The van der Waals surface area contributed by atoms with Gasteiger partial charge in [0.25, 0.3) is 0 Å². The van der Waals surface area contributed by atoms with Gasteiger partial charge < -0.3 is 15.0 Å². The lowest BCUT2D eigenvalue weighted by atomic mass is 10.1. The first-order valence-corrected chi connectivity index (χ1v) is 8.79. The number of aryl methyl sites for hydroxylation is 2. The number of nitrogens with zero attached hydrogens (tertiary/aromatic N) is 1. The molecule has 1 fully saturated rings. The Kier molecular flexibility index (Phi) is 5.18. The topological polar surface area (TPSA) is 58.6 Å². The van der Waals surface area contributed by atoms with Crippen LogP contribution in [0, 0.1) is 19.8 Å². The van der Waals surface area contributed by atoms with Crippen molar-refractivity contribution in [2.45, 2.75) is 20.3 Å². The maximum atomic E-state index is 12.7. The molecule has 0 saturated carbocycles. The molecule has 1 aliphatic rings. The van der Waals surface area contributed by atoms with Crippen molar-refractivity contribution in [1.82, 2.24) is 0 Å². The van der Waals surface area contributed by atoms with Crippen molar-refractivity contribution in [2.24, 2.45) is 5.92 Å². The van der Waals surface area contributed by atoms with Crippen LogP contribution >= 0.6 is 11.6 Å². The number of anilines is 2. The maximum Gasteiger partial charge on any atom is 0.229 e. The van der Waals surface area contributed by atoms with E-state index in [0.29, 0.717) is 23.0 Å². The third-order valence-corrected chi connectivity index (χ3v) is 4.81. The number of hydrogen-bond acceptors (Lipinski definition) is 3. The lowest BCUT2D eigenvalue weighted by molar-refractivity contribution is -0.122. The highest BCUT2D eigenvalue weighted by molar-refractivity contribution is 6.31. The Morgan fingerprint density at radius 3 is 2.73 bits per heavy atom. The molecule has 1 aliphatic heterocycles. The van der Waals surface area contributed by atoms with E-state index in [1.807, 2.05) is 32.0 Å². The summed E-state index contributed by atoms with van der Waals surface area (Å²) in [5.41, 5.74) is 3.46. The van der Waals surface area contributed by atoms with Crippen molar-refractivity contribution in [3.8, 4) is 5.75 Å². The smallest absolute Gasteiger partial charge is 0.229 e. The van der Waals surface area contributed by atoms with E-state index in [4.69, 9.17) is 16.3 Å². The van der Waals surface area contributed by atoms with E-state index < -0.39 is 5.92 Å². The van der Waals surface area contributed by atoms with Crippen LogP contribution < -0.4 is 15.0 Å². The fourth-order valence-corrected chi connectivity index (χ4v) is 3.31. The SMILES string of the molecule is COc1ccc(Cl)cc1NC(=O)[C@H]1CC(=O)N(c2cc(C)ccc2C)C1. The minimum atomic E-state index is -0.425. The molecule has 5 nitrogen and oxygen atoms in total. The molecule has 0 aromatic heterocycles. The Balaban J connectivity index is 1.77. The number of methoxy groups -OCH3 is 1. The van der Waals surface area contributed by atoms with Gasteiger partial charge in [0.1, 0.15) is 5.75 Å². The van der Waals surface area contributed by atoms with Gasteiger partial charge >= 0.3 is 0 Å². The van der Waals surface area contributed by atoms with Crippen LogP contribution in [0.3, 0.4) is 0 Å². The second kappa shape index (κ2) is 7.38. The summed E-state index contributed by atoms with van der Waals surface area (Å²) in [6.45, 7) is 4.31. The summed E-state index contributed by atoms with van der Waals surface area (Å²) < 4.78 is 5.25. The zero-order valence-corrected chi connectivity index (χ0v) is 15.8. The molecule has 1 saturated heterocycles. The van der Waals surface area contributed by atoms with Gasteiger partial charge in [-0.05, 0) is 49.2 Å². The number of carbonyl (C=O) groups is 2. The van der Waals surface area contributed by atoms with E-state index in [1.165, 1.54) is 7.11 Å². The summed E-state index contributed by atoms with van der Waals surface area (Å²) in [6.07, 6.45) is 0.183. The largest absolute Gasteiger partial charge is 0.495 e. The first kappa shape index (κ1) is 18.3. The molecule has 2 aromatic carbocycles. The molecule has 2 aromatic rings. The maximum absolute atomic E-state index is 12.7. The summed E-state index contributed by atoms with van der Waals surface area (Å²) in [5.74, 6) is -0.159. The monoisotopic (exact) mass is 372 g/mol. The van der Waals surface area contributed by atoms with Crippen LogP contribution in [0.25, 0.3) is 0 Å². The lowest BCUT2D eigenvalue weighted by Crippen LogP contribution is -2.28. The molecule has 0 spiro atoms. The predicted octanol–water partition coefficient (Wildman–Crippen LogP) is 3.96. The molecule has 136 valence electrons. The molecule has 0 unspecified atom stereocenters. The average Bonchev–Trinajstić information content (AvgIpc) is 2.99. The van der Waals surface area contributed by atoms with Crippen LogP contribution in [0.2, 0.25) is 5.02 Å². The first-order valence-electron chi connectivity index (χ1n) is 8.41. The predicted molar refractivity (Wildman–Crippen MR) is 103 cm³/mol. The number of benzene rings is 2. The highest BCUT2D eigenvalue weighted by Gasteiger charge is 2.36. The number of carbonyl (C=O) groups excluding carboxylic acids is 2. The third-order valence-electron chi connectivity index (χ3n) is 4.57. The molecule has 0 bridgehead atoms. The number of hydrogen-bond donors (Lipinski definition) is 1. The molecule has 1 N–H and O–H groups in total. The Hall–Kier alpha value is -2.53. The van der Waals surface area contributed by atoms with Crippen LogP contribution in [0.15, 0.2) is 36.4 Å². The van der Waals surface area contributed by atoms with Gasteiger partial charge in [0.15, 0.2) is 0 Å². The molecule has 1 heterocycles. The Bertz CT molecular complexity index is 866. The van der Waals surface area contributed by atoms with E-state index in [1.54, 1.807) is 23.1 Å². The highest BCUT2D eigenvalue weighted by atomic mass is 35.5. The number of amides is 2. The van der Waals surface area contributed by atoms with Crippen LogP contribution in [0.5, 0.6) is 5.75 Å². The van der Waals surface area contributed by atoms with E-state index >= 15 is 0 Å². The zero-order valence-electron chi connectivity index (χ0n) is 15.0. The van der Waals surface area contributed by atoms with E-state index in [-0.39, 0.29) is 18.2 Å². The van der Waals surface area contributed by atoms with Crippen molar-refractivity contribution in [3.63, 3.8) is 0 Å². The minimum Gasteiger partial charge on any atom is -0.495 e. The standard InChI is InChI=1S/C20H21ClN2O3/c1-12-4-5-13(2)17(8-12)23-11-14(9-19(23)24)20(25)22-16-10-15(21)6-7-18(16)26-3/h4-8,10,14H,9,11H2,1-3H3,(H,22,25)/t14-/m0/s1. The van der Waals surface area contributed by atoms with Gasteiger partial charge in [-0.3, -0.25) is 9.59 Å². The Morgan fingerprint density at radius 1 is 1.23 bits per heavy atom. The molecule has 1 atom stereocenters. The van der Waals surface area contributed by atoms with E-state index in [2.05, 4.69) is 5.32 Å². The number of rotatable bonds is 4. The third kappa shape index (κ3) is 3.68. The number of halogens is 1. The molecule has 26 heavy (non-hydrogen) atoms. The Morgan fingerprint density at radius 2 is 2.00 bits per heavy atom. The van der Waals surface area contributed by atoms with Gasteiger partial charge in [0.2, 0.25) is 11.8 Å². The van der Waals surface area contributed by atoms with Crippen LogP contribution in [0.1, 0.15) is 17.5 Å². The van der Waals surface area contributed by atoms with Gasteiger partial charge in [-0.25, -0.2) is 0 Å². The average molecular weight is 373 g/mol. The molecular weight excluding hydrogens is 352 g/mol. The van der Waals surface area contributed by atoms with Crippen molar-refractivity contribution in [2.75, 3.05) is 23.9 Å². The fourth-order valence-electron chi connectivity index (χ4n) is 3.14. The first-order chi connectivity index (χ1) is 12.4. The summed E-state index contributed by atoms with van der Waals surface area (Å²) in [6, 6.07) is 11.0. The van der Waals surface area contributed by atoms with Gasteiger partial charge in [-0.1, -0.05) is 23.7 Å². The van der Waals surface area contributed by atoms with E-state index in [9.17, 15) is 9.59 Å². The van der Waals surface area contributed by atoms with Crippen LogP contribution in [0.4, 0.5) is 11.4 Å². The summed E-state index contributed by atoms with van der Waals surface area (Å²) >= 11 is 6.01. The van der Waals surface area contributed by atoms with Gasteiger partial charge in [0.05, 0.1) is 18.7 Å². The Labute approximate surface area is 157 Å². The zero-order chi connectivity index (χ0) is 18.8. The van der Waals surface area contributed by atoms with Crippen LogP contribution in [-0.4, -0.2) is 25.5 Å². The van der Waals surface area contributed by atoms with Crippen LogP contribution in [-0.2, 0) is 9.59 Å². The van der Waals surface area contributed by atoms with Gasteiger partial charge in [-0.2, -0.15) is 0 Å². The van der Waals surface area contributed by atoms with Gasteiger partial charge in [0, 0.05) is 23.7 Å². The van der Waals surface area contributed by atoms with E-state index in [0.717, 1.165) is 16.8 Å². The van der Waals surface area contributed by atoms with Gasteiger partial charge in [-0.15, -0.1) is 0 Å². The molecule has 0 radical (unpaired) electrons. The molecule has 6 heteroatoms. The number of nitrogens with one attached hydrogen (secondary N) is 1. The summed E-state index contributed by atoms with van der Waals surface area (Å²) in [7, 11) is 1.53. The van der Waals surface area contributed by atoms with Crippen molar-refractivity contribution in [1.29, 1.82) is 0 Å². The second-order valence-electron chi connectivity index (χ2n) is 6.53. The summed E-state index contributed by atoms with van der Waals surface area (Å²) in [5, 5.41) is 3.34. The summed E-state index contributed by atoms with van der Waals surface area (Å²) in [4.78, 5) is 26.9. The minimum absolute atomic E-state index is 0.0445. The number of ether oxygens (including phenoxy) is 1. The van der Waals surface area contributed by atoms with Crippen molar-refractivity contribution >= 4 is 34.8 Å². The quantitative estimate of drug-likeness (QED) is 0.883. The van der Waals surface area contributed by atoms with Crippen molar-refractivity contribution < 1.29 is 14.3 Å². The highest BCUT2D eigenvalue weighted by Crippen LogP contribution is 2.31. The second-order valence-corrected chi connectivity index (χ2v) is 6.97. The lowest BCUT2D eigenvalue weighted by Gasteiger charge is -2.20. The molecule has 2 amide bonds. The molecule has 3 rings (SSSR count). The van der Waals surface area contributed by atoms with Crippen molar-refractivity contribution in [3.05, 3.63) is 52.5 Å². The normalized spacial score (nSPS) is 16.7. The molecular formula is C20H21ClN2O3. The molecule has 0 aliphatic carbocycles.